The Morgan fingerprint density at radius 3 is 3.00 bits per heavy atom. The number of rotatable bonds is 3. The summed E-state index contributed by atoms with van der Waals surface area (Å²) in [6, 6.07) is 9.82. The lowest BCUT2D eigenvalue weighted by atomic mass is 9.92. The van der Waals surface area contributed by atoms with Crippen molar-refractivity contribution in [3.63, 3.8) is 0 Å². The van der Waals surface area contributed by atoms with Crippen LogP contribution in [0.2, 0.25) is 0 Å². The van der Waals surface area contributed by atoms with Gasteiger partial charge in [0.15, 0.2) is 0 Å². The second-order valence-corrected chi connectivity index (χ2v) is 5.18. The first-order valence-corrected chi connectivity index (χ1v) is 6.61. The molecular formula is C15H16N2O3. The highest BCUT2D eigenvalue weighted by molar-refractivity contribution is 5.73. The number of aryl methyl sites for hydroxylation is 1. The van der Waals surface area contributed by atoms with Gasteiger partial charge in [-0.25, -0.2) is 0 Å². The van der Waals surface area contributed by atoms with E-state index in [4.69, 9.17) is 4.52 Å². The topological polar surface area (TPSA) is 66.6 Å². The number of anilines is 1. The SMILES string of the molecule is Cc1cc(CN2CC(C(=O)O)Cc3ccccc32)no1. The molecule has 5 heteroatoms. The fraction of sp³-hybridized carbons (Fsp3) is 0.333. The maximum atomic E-state index is 11.3. The molecule has 5 nitrogen and oxygen atoms in total. The van der Waals surface area contributed by atoms with Crippen molar-refractivity contribution in [3.05, 3.63) is 47.3 Å². The minimum Gasteiger partial charge on any atom is -0.481 e. The van der Waals surface area contributed by atoms with Crippen LogP contribution < -0.4 is 4.90 Å². The molecule has 2 heterocycles. The summed E-state index contributed by atoms with van der Waals surface area (Å²) in [5.74, 6) is -0.362. The van der Waals surface area contributed by atoms with Crippen LogP contribution in [0.1, 0.15) is 17.0 Å². The molecule has 0 spiro atoms. The number of hydrogen-bond donors (Lipinski definition) is 1. The molecule has 0 saturated heterocycles. The highest BCUT2D eigenvalue weighted by atomic mass is 16.5. The van der Waals surface area contributed by atoms with E-state index in [-0.39, 0.29) is 5.92 Å². The standard InChI is InChI=1S/C15H16N2O3/c1-10-6-13(16-20-10)9-17-8-12(15(18)19)7-11-4-2-3-5-14(11)17/h2-6,12H,7-9H2,1H3,(H,18,19). The van der Waals surface area contributed by atoms with E-state index in [1.807, 2.05) is 37.3 Å². The summed E-state index contributed by atoms with van der Waals surface area (Å²) in [7, 11) is 0. The van der Waals surface area contributed by atoms with E-state index >= 15 is 0 Å². The van der Waals surface area contributed by atoms with Crippen LogP contribution in [0.3, 0.4) is 0 Å². The lowest BCUT2D eigenvalue weighted by molar-refractivity contribution is -0.141. The van der Waals surface area contributed by atoms with Crippen molar-refractivity contribution in [2.24, 2.45) is 5.92 Å². The quantitative estimate of drug-likeness (QED) is 0.928. The molecule has 1 aromatic carbocycles. The van der Waals surface area contributed by atoms with Crippen molar-refractivity contribution in [1.82, 2.24) is 5.16 Å². The van der Waals surface area contributed by atoms with Crippen molar-refractivity contribution < 1.29 is 14.4 Å². The normalized spacial score (nSPS) is 17.9. The number of aromatic nitrogens is 1. The predicted molar refractivity (Wildman–Crippen MR) is 73.6 cm³/mol. The second kappa shape index (κ2) is 5.00. The summed E-state index contributed by atoms with van der Waals surface area (Å²) >= 11 is 0. The van der Waals surface area contributed by atoms with Gasteiger partial charge in [-0.05, 0) is 25.0 Å². The number of carbonyl (C=O) groups is 1. The van der Waals surface area contributed by atoms with Gasteiger partial charge in [-0.15, -0.1) is 0 Å². The zero-order chi connectivity index (χ0) is 14.1. The van der Waals surface area contributed by atoms with E-state index in [0.717, 1.165) is 22.7 Å². The lowest BCUT2D eigenvalue weighted by Crippen LogP contribution is -2.38. The number of fused-ring (bicyclic) bond motifs is 1. The monoisotopic (exact) mass is 272 g/mol. The molecule has 2 aromatic rings. The van der Waals surface area contributed by atoms with Crippen LogP contribution in [-0.2, 0) is 17.8 Å². The van der Waals surface area contributed by atoms with Crippen molar-refractivity contribution in [2.45, 2.75) is 19.9 Å². The van der Waals surface area contributed by atoms with Gasteiger partial charge in [-0.2, -0.15) is 0 Å². The van der Waals surface area contributed by atoms with E-state index in [9.17, 15) is 9.90 Å². The van der Waals surface area contributed by atoms with E-state index in [2.05, 4.69) is 10.1 Å². The van der Waals surface area contributed by atoms with Gasteiger partial charge in [0.1, 0.15) is 11.5 Å². The molecule has 0 bridgehead atoms. The van der Waals surface area contributed by atoms with Crippen molar-refractivity contribution in [2.75, 3.05) is 11.4 Å². The van der Waals surface area contributed by atoms with Crippen LogP contribution in [0.5, 0.6) is 0 Å². The van der Waals surface area contributed by atoms with Crippen LogP contribution in [-0.4, -0.2) is 22.8 Å². The third-order valence-corrected chi connectivity index (χ3v) is 3.62. The molecular weight excluding hydrogens is 256 g/mol. The predicted octanol–water partition coefficient (Wildman–Crippen LogP) is 2.25. The smallest absolute Gasteiger partial charge is 0.308 e. The van der Waals surface area contributed by atoms with Crippen LogP contribution in [0, 0.1) is 12.8 Å². The van der Waals surface area contributed by atoms with Crippen molar-refractivity contribution in [1.29, 1.82) is 0 Å². The van der Waals surface area contributed by atoms with Gasteiger partial charge in [0, 0.05) is 18.3 Å². The van der Waals surface area contributed by atoms with Gasteiger partial charge in [-0.3, -0.25) is 4.79 Å². The summed E-state index contributed by atoms with van der Waals surface area (Å²) in [5.41, 5.74) is 2.99. The zero-order valence-corrected chi connectivity index (χ0v) is 11.2. The first kappa shape index (κ1) is 12.7. The Hall–Kier alpha value is -2.30. The molecule has 1 N–H and O–H groups in total. The number of benzene rings is 1. The summed E-state index contributed by atoms with van der Waals surface area (Å²) in [6.07, 6.45) is 0.583. The zero-order valence-electron chi connectivity index (χ0n) is 11.2. The van der Waals surface area contributed by atoms with Gasteiger partial charge in [-0.1, -0.05) is 23.4 Å². The van der Waals surface area contributed by atoms with E-state index in [1.165, 1.54) is 0 Å². The number of aliphatic carboxylic acids is 1. The Labute approximate surface area is 116 Å². The number of hydrogen-bond acceptors (Lipinski definition) is 4. The fourth-order valence-electron chi connectivity index (χ4n) is 2.69. The molecule has 1 atom stereocenters. The Morgan fingerprint density at radius 2 is 2.30 bits per heavy atom. The third-order valence-electron chi connectivity index (χ3n) is 3.62. The summed E-state index contributed by atoms with van der Waals surface area (Å²) < 4.78 is 5.08. The van der Waals surface area contributed by atoms with Crippen molar-refractivity contribution >= 4 is 11.7 Å². The highest BCUT2D eigenvalue weighted by Gasteiger charge is 2.29. The molecule has 0 saturated carbocycles. The molecule has 1 aliphatic heterocycles. The van der Waals surface area contributed by atoms with Crippen LogP contribution in [0.25, 0.3) is 0 Å². The Bertz CT molecular complexity index is 636. The molecule has 1 aromatic heterocycles. The number of carboxylic acid groups (broad SMARTS) is 1. The van der Waals surface area contributed by atoms with Crippen LogP contribution in [0.15, 0.2) is 34.9 Å². The molecule has 1 aliphatic rings. The number of nitrogens with zero attached hydrogens (tertiary/aromatic N) is 2. The Morgan fingerprint density at radius 1 is 1.50 bits per heavy atom. The molecule has 0 amide bonds. The first-order chi connectivity index (χ1) is 9.63. The largest absolute Gasteiger partial charge is 0.481 e. The summed E-state index contributed by atoms with van der Waals surface area (Å²) in [6.45, 7) is 2.91. The van der Waals surface area contributed by atoms with Gasteiger partial charge < -0.3 is 14.5 Å². The molecule has 3 rings (SSSR count). The number of para-hydroxylation sites is 1. The average molecular weight is 272 g/mol. The van der Waals surface area contributed by atoms with Crippen molar-refractivity contribution in [3.8, 4) is 0 Å². The van der Waals surface area contributed by atoms with E-state index < -0.39 is 5.97 Å². The molecule has 1 unspecified atom stereocenters. The highest BCUT2D eigenvalue weighted by Crippen LogP contribution is 2.30. The first-order valence-electron chi connectivity index (χ1n) is 6.61. The average Bonchev–Trinajstić information content (AvgIpc) is 2.84. The minimum atomic E-state index is -0.749. The molecule has 20 heavy (non-hydrogen) atoms. The van der Waals surface area contributed by atoms with E-state index in [0.29, 0.717) is 19.5 Å². The van der Waals surface area contributed by atoms with E-state index in [1.54, 1.807) is 0 Å². The fourth-order valence-corrected chi connectivity index (χ4v) is 2.69. The number of carboxylic acids is 1. The minimum absolute atomic E-state index is 0.377. The molecule has 0 aliphatic carbocycles. The second-order valence-electron chi connectivity index (χ2n) is 5.18. The van der Waals surface area contributed by atoms with Gasteiger partial charge in [0.2, 0.25) is 0 Å². The van der Waals surface area contributed by atoms with Gasteiger partial charge in [0.25, 0.3) is 0 Å². The summed E-state index contributed by atoms with van der Waals surface area (Å²) in [4.78, 5) is 13.4. The van der Waals surface area contributed by atoms with Crippen LogP contribution >= 0.6 is 0 Å². The van der Waals surface area contributed by atoms with Gasteiger partial charge in [0.05, 0.1) is 12.5 Å². The van der Waals surface area contributed by atoms with Gasteiger partial charge >= 0.3 is 5.97 Å². The molecule has 0 radical (unpaired) electrons. The maximum absolute atomic E-state index is 11.3. The molecule has 0 fully saturated rings. The maximum Gasteiger partial charge on any atom is 0.308 e. The van der Waals surface area contributed by atoms with Crippen LogP contribution in [0.4, 0.5) is 5.69 Å². The lowest BCUT2D eigenvalue weighted by Gasteiger charge is -2.33. The Balaban J connectivity index is 1.90. The molecule has 104 valence electrons. The Kier molecular flexibility index (Phi) is 3.18. The third kappa shape index (κ3) is 2.39. The summed E-state index contributed by atoms with van der Waals surface area (Å²) in [5, 5.41) is 13.3.